The first-order chi connectivity index (χ1) is 8.84. The topological polar surface area (TPSA) is 47.9 Å². The molecule has 116 valence electrons. The van der Waals surface area contributed by atoms with E-state index < -0.39 is 0 Å². The lowest BCUT2D eigenvalue weighted by atomic mass is 10.0. The first-order valence-corrected chi connectivity index (χ1v) is 7.75. The first-order valence-electron chi connectivity index (χ1n) is 7.75. The van der Waals surface area contributed by atoms with Crippen molar-refractivity contribution in [2.24, 2.45) is 0 Å². The van der Waals surface area contributed by atoms with Crippen molar-refractivity contribution >= 4 is 0 Å². The van der Waals surface area contributed by atoms with E-state index in [0.717, 1.165) is 0 Å². The van der Waals surface area contributed by atoms with Gasteiger partial charge in [-0.3, -0.25) is 4.98 Å². The molecule has 1 atom stereocenters. The number of unbranched alkanes of at least 4 members (excludes halogenated alkanes) is 1. The third-order valence-corrected chi connectivity index (χ3v) is 2.18. The summed E-state index contributed by atoms with van der Waals surface area (Å²) in [6, 6.07) is 6.14. The van der Waals surface area contributed by atoms with Gasteiger partial charge in [-0.15, -0.1) is 0 Å². The lowest BCUT2D eigenvalue weighted by Crippen LogP contribution is -1.95. The minimum absolute atomic E-state index is 0. The summed E-state index contributed by atoms with van der Waals surface area (Å²) in [7, 11) is 0. The van der Waals surface area contributed by atoms with Crippen molar-refractivity contribution in [3.8, 4) is 0 Å². The summed E-state index contributed by atoms with van der Waals surface area (Å²) in [6.07, 6.45) is 5.71. The molecule has 0 amide bonds. The van der Waals surface area contributed by atoms with Crippen LogP contribution in [0.3, 0.4) is 0 Å². The van der Waals surface area contributed by atoms with Crippen molar-refractivity contribution in [3.05, 3.63) is 30.1 Å². The van der Waals surface area contributed by atoms with Crippen LogP contribution < -0.4 is 6.15 Å². The molecule has 1 heterocycles. The molecular formula is C17H38N2. The van der Waals surface area contributed by atoms with Crippen molar-refractivity contribution in [3.63, 3.8) is 0 Å². The average molecular weight is 271 g/mol. The smallest absolute Gasteiger partial charge is 0.0431 e. The van der Waals surface area contributed by atoms with Gasteiger partial charge in [-0.25, -0.2) is 0 Å². The van der Waals surface area contributed by atoms with E-state index in [0.29, 0.717) is 5.92 Å². The Balaban J connectivity index is -0.000000142. The maximum absolute atomic E-state index is 4.33. The Kier molecular flexibility index (Phi) is 36.2. The molecule has 0 aliphatic rings. The van der Waals surface area contributed by atoms with Gasteiger partial charge in [0.25, 0.3) is 0 Å². The Morgan fingerprint density at radius 2 is 1.53 bits per heavy atom. The molecular weight excluding hydrogens is 232 g/mol. The van der Waals surface area contributed by atoms with Crippen LogP contribution in [0.4, 0.5) is 0 Å². The van der Waals surface area contributed by atoms with Gasteiger partial charge in [0.2, 0.25) is 0 Å². The van der Waals surface area contributed by atoms with Crippen molar-refractivity contribution in [2.45, 2.75) is 80.6 Å². The van der Waals surface area contributed by atoms with Gasteiger partial charge in [-0.2, -0.15) is 0 Å². The lowest BCUT2D eigenvalue weighted by Gasteiger charge is -2.08. The standard InChI is InChI=1S/C11H17N.3C2H6.H3N/c1-3-4-7-10(2)11-8-5-6-9-12-11;3*1-2;/h5-6,8-10H,3-4,7H2,1-2H3;3*1-2H3;1H3. The number of aromatic nitrogens is 1. The van der Waals surface area contributed by atoms with Gasteiger partial charge in [0.1, 0.15) is 0 Å². The highest BCUT2D eigenvalue weighted by Crippen LogP contribution is 2.18. The van der Waals surface area contributed by atoms with Crippen LogP contribution in [0.2, 0.25) is 0 Å². The monoisotopic (exact) mass is 270 g/mol. The largest absolute Gasteiger partial charge is 0.344 e. The van der Waals surface area contributed by atoms with E-state index in [2.05, 4.69) is 31.0 Å². The van der Waals surface area contributed by atoms with Gasteiger partial charge in [0.15, 0.2) is 0 Å². The van der Waals surface area contributed by atoms with Crippen LogP contribution in [0, 0.1) is 0 Å². The fraction of sp³-hybridized carbons (Fsp3) is 0.706. The molecule has 0 aliphatic heterocycles. The second-order valence-electron chi connectivity index (χ2n) is 3.30. The van der Waals surface area contributed by atoms with Gasteiger partial charge in [0.05, 0.1) is 0 Å². The van der Waals surface area contributed by atoms with Crippen LogP contribution in [0.25, 0.3) is 0 Å². The van der Waals surface area contributed by atoms with Gasteiger partial charge >= 0.3 is 0 Å². The Labute approximate surface area is 122 Å². The maximum atomic E-state index is 4.33. The van der Waals surface area contributed by atoms with E-state index in [9.17, 15) is 0 Å². The highest BCUT2D eigenvalue weighted by Gasteiger charge is 2.04. The molecule has 0 spiro atoms. The summed E-state index contributed by atoms with van der Waals surface area (Å²) < 4.78 is 0. The van der Waals surface area contributed by atoms with Gasteiger partial charge < -0.3 is 6.15 Å². The summed E-state index contributed by atoms with van der Waals surface area (Å²) >= 11 is 0. The molecule has 1 aromatic rings. The number of nitrogens with zero attached hydrogens (tertiary/aromatic N) is 1. The maximum Gasteiger partial charge on any atom is 0.0431 e. The van der Waals surface area contributed by atoms with E-state index in [1.165, 1.54) is 25.0 Å². The predicted molar refractivity (Wildman–Crippen MR) is 91.2 cm³/mol. The summed E-state index contributed by atoms with van der Waals surface area (Å²) in [4.78, 5) is 4.33. The van der Waals surface area contributed by atoms with Crippen LogP contribution in [-0.4, -0.2) is 4.98 Å². The molecule has 0 saturated heterocycles. The Morgan fingerprint density at radius 1 is 1.00 bits per heavy atom. The Bertz CT molecular complexity index is 210. The predicted octanol–water partition coefficient (Wildman–Crippen LogP) is 6.62. The van der Waals surface area contributed by atoms with Crippen molar-refractivity contribution in [2.75, 3.05) is 0 Å². The Morgan fingerprint density at radius 3 is 1.89 bits per heavy atom. The molecule has 0 aliphatic carbocycles. The number of rotatable bonds is 4. The molecule has 0 fully saturated rings. The van der Waals surface area contributed by atoms with Crippen LogP contribution in [-0.2, 0) is 0 Å². The number of pyridine rings is 1. The number of hydrogen-bond acceptors (Lipinski definition) is 2. The van der Waals surface area contributed by atoms with E-state index >= 15 is 0 Å². The fourth-order valence-corrected chi connectivity index (χ4v) is 1.33. The zero-order valence-electron chi connectivity index (χ0n) is 14.7. The minimum atomic E-state index is 0. The average Bonchev–Trinajstić information content (AvgIpc) is 2.51. The molecule has 2 nitrogen and oxygen atoms in total. The van der Waals surface area contributed by atoms with Crippen LogP contribution in [0.1, 0.15) is 86.3 Å². The second-order valence-corrected chi connectivity index (χ2v) is 3.30. The van der Waals surface area contributed by atoms with Crippen molar-refractivity contribution in [1.29, 1.82) is 0 Å². The SMILES string of the molecule is CC.CC.CC.CCCCC(C)c1ccccn1.N. The highest BCUT2D eigenvalue weighted by atomic mass is 14.7. The van der Waals surface area contributed by atoms with Crippen LogP contribution >= 0.6 is 0 Å². The highest BCUT2D eigenvalue weighted by molar-refractivity contribution is 5.07. The normalized spacial score (nSPS) is 9.05. The van der Waals surface area contributed by atoms with E-state index in [-0.39, 0.29) is 6.15 Å². The molecule has 1 unspecified atom stereocenters. The number of hydrogen-bond donors (Lipinski definition) is 1. The third-order valence-electron chi connectivity index (χ3n) is 2.18. The molecule has 0 radical (unpaired) electrons. The van der Waals surface area contributed by atoms with Crippen LogP contribution in [0.15, 0.2) is 24.4 Å². The molecule has 0 bridgehead atoms. The van der Waals surface area contributed by atoms with Crippen molar-refractivity contribution in [1.82, 2.24) is 11.1 Å². The Hall–Kier alpha value is -0.890. The quantitative estimate of drug-likeness (QED) is 0.668. The molecule has 19 heavy (non-hydrogen) atoms. The summed E-state index contributed by atoms with van der Waals surface area (Å²) in [6.45, 7) is 16.5. The van der Waals surface area contributed by atoms with E-state index in [4.69, 9.17) is 0 Å². The first kappa shape index (κ1) is 26.6. The van der Waals surface area contributed by atoms with Gasteiger partial charge in [0, 0.05) is 11.9 Å². The lowest BCUT2D eigenvalue weighted by molar-refractivity contribution is 0.611. The third kappa shape index (κ3) is 17.1. The summed E-state index contributed by atoms with van der Waals surface area (Å²) in [5.74, 6) is 0.617. The second kappa shape index (κ2) is 25.8. The van der Waals surface area contributed by atoms with Gasteiger partial charge in [-0.05, 0) is 24.5 Å². The zero-order valence-corrected chi connectivity index (χ0v) is 14.7. The van der Waals surface area contributed by atoms with Crippen molar-refractivity contribution < 1.29 is 0 Å². The molecule has 3 N–H and O–H groups in total. The molecule has 1 aromatic heterocycles. The fourth-order valence-electron chi connectivity index (χ4n) is 1.33. The zero-order chi connectivity index (χ0) is 14.8. The molecule has 1 rings (SSSR count). The summed E-state index contributed by atoms with van der Waals surface area (Å²) in [5, 5.41) is 0. The van der Waals surface area contributed by atoms with Crippen LogP contribution in [0.5, 0.6) is 0 Å². The molecule has 0 saturated carbocycles. The van der Waals surface area contributed by atoms with E-state index in [1.807, 2.05) is 53.8 Å². The van der Waals surface area contributed by atoms with Gasteiger partial charge in [-0.1, -0.05) is 74.3 Å². The summed E-state index contributed by atoms with van der Waals surface area (Å²) in [5.41, 5.74) is 1.23. The minimum Gasteiger partial charge on any atom is -0.344 e. The molecule has 0 aromatic carbocycles. The van der Waals surface area contributed by atoms with E-state index in [1.54, 1.807) is 0 Å². The molecule has 2 heteroatoms.